The summed E-state index contributed by atoms with van der Waals surface area (Å²) in [4.78, 5) is 0. The minimum Gasteiger partial charge on any atom is -0.143 e. The van der Waals surface area contributed by atoms with Crippen molar-refractivity contribution in [3.8, 4) is 0 Å². The summed E-state index contributed by atoms with van der Waals surface area (Å²) < 4.78 is 2.78. The fourth-order valence-electron chi connectivity index (χ4n) is 1.98. The van der Waals surface area contributed by atoms with E-state index < -0.39 is 0 Å². The van der Waals surface area contributed by atoms with E-state index in [-0.39, 0.29) is 0 Å². The molecule has 16 heavy (non-hydrogen) atoms. The summed E-state index contributed by atoms with van der Waals surface area (Å²) >= 11 is 10.8. The Hall–Kier alpha value is 0.1000. The first-order valence-electron chi connectivity index (χ1n) is 4.86. The Morgan fingerprint density at radius 1 is 0.812 bits per heavy atom. The molecule has 0 N–H and O–H groups in total. The van der Waals surface area contributed by atoms with E-state index in [1.807, 2.05) is 22.7 Å². The highest BCUT2D eigenvalue weighted by Crippen LogP contribution is 2.39. The van der Waals surface area contributed by atoms with Crippen LogP contribution in [0.1, 0.15) is 11.1 Å². The third-order valence-electron chi connectivity index (χ3n) is 2.72. The fourth-order valence-corrected chi connectivity index (χ4v) is 5.23. The molecule has 4 heteroatoms. The average molecular weight is 376 g/mol. The van der Waals surface area contributed by atoms with Gasteiger partial charge in [0.2, 0.25) is 0 Å². The van der Waals surface area contributed by atoms with E-state index in [0.29, 0.717) is 0 Å². The van der Waals surface area contributed by atoms with Gasteiger partial charge in [-0.05, 0) is 34.0 Å². The number of hydrogen-bond donors (Lipinski definition) is 0. The van der Waals surface area contributed by atoms with Crippen LogP contribution in [-0.2, 0) is 10.7 Å². The van der Waals surface area contributed by atoms with Crippen LogP contribution in [0, 0.1) is 0 Å². The Balaban J connectivity index is 2.53. The van der Waals surface area contributed by atoms with Crippen molar-refractivity contribution in [2.75, 3.05) is 0 Å². The van der Waals surface area contributed by atoms with E-state index in [1.54, 1.807) is 0 Å². The third kappa shape index (κ3) is 1.58. The van der Waals surface area contributed by atoms with Gasteiger partial charge in [0.15, 0.2) is 0 Å². The Bertz CT molecular complexity index is 594. The number of rotatable bonds is 2. The summed E-state index contributed by atoms with van der Waals surface area (Å²) in [6, 6.07) is 4.48. The normalized spacial score (nSPS) is 11.6. The van der Waals surface area contributed by atoms with Crippen molar-refractivity contribution in [3.05, 3.63) is 34.0 Å². The van der Waals surface area contributed by atoms with Crippen LogP contribution >= 0.6 is 54.5 Å². The zero-order chi connectivity index (χ0) is 11.1. The van der Waals surface area contributed by atoms with E-state index in [4.69, 9.17) is 0 Å². The molecule has 0 radical (unpaired) electrons. The maximum absolute atomic E-state index is 3.58. The summed E-state index contributed by atoms with van der Waals surface area (Å²) in [6.07, 6.45) is 0. The number of hydrogen-bond acceptors (Lipinski definition) is 2. The molecule has 0 saturated carbocycles. The molecule has 0 nitrogen and oxygen atoms in total. The molecule has 3 rings (SSSR count). The molecule has 0 bridgehead atoms. The van der Waals surface area contributed by atoms with Gasteiger partial charge in [0.25, 0.3) is 0 Å². The van der Waals surface area contributed by atoms with Crippen molar-refractivity contribution in [2.45, 2.75) is 10.7 Å². The van der Waals surface area contributed by atoms with Gasteiger partial charge in [-0.1, -0.05) is 31.9 Å². The fraction of sp³-hybridized carbons (Fsp3) is 0.167. The Labute approximate surface area is 119 Å². The van der Waals surface area contributed by atoms with Crippen molar-refractivity contribution in [3.63, 3.8) is 0 Å². The number of benzene rings is 1. The molecule has 0 aliphatic carbocycles. The molecule has 0 fully saturated rings. The number of fused-ring (bicyclic) bond motifs is 3. The zero-order valence-corrected chi connectivity index (χ0v) is 13.1. The minimum atomic E-state index is 0.934. The maximum atomic E-state index is 3.58. The van der Waals surface area contributed by atoms with Gasteiger partial charge in [0, 0.05) is 30.8 Å². The van der Waals surface area contributed by atoms with Crippen LogP contribution in [0.4, 0.5) is 0 Å². The molecule has 0 aliphatic rings. The minimum absolute atomic E-state index is 0.934. The standard InChI is InChI=1S/C12H8Br2S2/c13-3-7-5-15-9-1-2-10-12(11(7)9)8(4-14)6-16-10/h1-2,5-6H,3-4H2. The summed E-state index contributed by atoms with van der Waals surface area (Å²) in [7, 11) is 0. The third-order valence-corrected chi connectivity index (χ3v) is 5.92. The van der Waals surface area contributed by atoms with Crippen molar-refractivity contribution >= 4 is 74.7 Å². The van der Waals surface area contributed by atoms with Gasteiger partial charge in [-0.15, -0.1) is 22.7 Å². The van der Waals surface area contributed by atoms with Gasteiger partial charge in [0.05, 0.1) is 0 Å². The quantitative estimate of drug-likeness (QED) is 0.488. The van der Waals surface area contributed by atoms with E-state index >= 15 is 0 Å². The number of halogens is 2. The number of thiophene rings is 2. The molecular weight excluding hydrogens is 368 g/mol. The van der Waals surface area contributed by atoms with Crippen molar-refractivity contribution < 1.29 is 0 Å². The first kappa shape index (κ1) is 11.2. The second-order valence-electron chi connectivity index (χ2n) is 3.60. The molecule has 82 valence electrons. The second kappa shape index (κ2) is 4.41. The lowest BCUT2D eigenvalue weighted by molar-refractivity contribution is 1.53. The number of alkyl halides is 2. The monoisotopic (exact) mass is 374 g/mol. The predicted molar refractivity (Wildman–Crippen MR) is 82.5 cm³/mol. The van der Waals surface area contributed by atoms with Crippen LogP contribution in [-0.4, -0.2) is 0 Å². The summed E-state index contributed by atoms with van der Waals surface area (Å²) in [6.45, 7) is 0. The van der Waals surface area contributed by atoms with Gasteiger partial charge >= 0.3 is 0 Å². The van der Waals surface area contributed by atoms with Crippen molar-refractivity contribution in [1.29, 1.82) is 0 Å². The Morgan fingerprint density at radius 3 is 1.62 bits per heavy atom. The average Bonchev–Trinajstić information content (AvgIpc) is 2.91. The van der Waals surface area contributed by atoms with Crippen molar-refractivity contribution in [1.82, 2.24) is 0 Å². The molecule has 0 spiro atoms. The van der Waals surface area contributed by atoms with E-state index in [0.717, 1.165) is 10.7 Å². The van der Waals surface area contributed by atoms with Crippen LogP contribution in [0.5, 0.6) is 0 Å². The van der Waals surface area contributed by atoms with Crippen molar-refractivity contribution in [2.24, 2.45) is 0 Å². The topological polar surface area (TPSA) is 0 Å². The molecule has 3 aromatic rings. The Morgan fingerprint density at radius 2 is 1.25 bits per heavy atom. The first-order valence-corrected chi connectivity index (χ1v) is 8.86. The van der Waals surface area contributed by atoms with Crippen LogP contribution in [0.25, 0.3) is 20.2 Å². The largest absolute Gasteiger partial charge is 0.143 e. The zero-order valence-electron chi connectivity index (χ0n) is 8.30. The molecule has 0 amide bonds. The molecule has 0 aliphatic heterocycles. The molecule has 1 aromatic carbocycles. The highest BCUT2D eigenvalue weighted by molar-refractivity contribution is 9.08. The molecule has 0 atom stereocenters. The molecule has 0 saturated heterocycles. The van der Waals surface area contributed by atoms with Gasteiger partial charge in [-0.25, -0.2) is 0 Å². The van der Waals surface area contributed by atoms with Crippen LogP contribution in [0.2, 0.25) is 0 Å². The lowest BCUT2D eigenvalue weighted by Gasteiger charge is -1.99. The molecule has 0 unspecified atom stereocenters. The molecule has 2 aromatic heterocycles. The van der Waals surface area contributed by atoms with Gasteiger partial charge in [-0.3, -0.25) is 0 Å². The first-order chi connectivity index (χ1) is 7.85. The lowest BCUT2D eigenvalue weighted by Crippen LogP contribution is -1.78. The van der Waals surface area contributed by atoms with Crippen LogP contribution < -0.4 is 0 Å². The maximum Gasteiger partial charge on any atom is 0.0353 e. The van der Waals surface area contributed by atoms with Crippen LogP contribution in [0.3, 0.4) is 0 Å². The Kier molecular flexibility index (Phi) is 3.09. The van der Waals surface area contributed by atoms with E-state index in [2.05, 4.69) is 54.8 Å². The SMILES string of the molecule is BrCc1csc2ccc3scc(CBr)c3c12. The molecule has 2 heterocycles. The summed E-state index contributed by atoms with van der Waals surface area (Å²) in [5.41, 5.74) is 2.82. The van der Waals surface area contributed by atoms with E-state index in [1.165, 1.54) is 31.3 Å². The highest BCUT2D eigenvalue weighted by Gasteiger charge is 2.11. The smallest absolute Gasteiger partial charge is 0.0353 e. The highest BCUT2D eigenvalue weighted by atomic mass is 79.9. The van der Waals surface area contributed by atoms with Gasteiger partial charge < -0.3 is 0 Å². The van der Waals surface area contributed by atoms with Crippen LogP contribution in [0.15, 0.2) is 22.9 Å². The van der Waals surface area contributed by atoms with Gasteiger partial charge in [0.1, 0.15) is 0 Å². The predicted octanol–water partition coefficient (Wildman–Crippen LogP) is 5.91. The second-order valence-corrected chi connectivity index (χ2v) is 6.54. The summed E-state index contributed by atoms with van der Waals surface area (Å²) in [5, 5.41) is 9.27. The lowest BCUT2D eigenvalue weighted by atomic mass is 10.1. The molecular formula is C12H8Br2S2. The van der Waals surface area contributed by atoms with E-state index in [9.17, 15) is 0 Å². The summed E-state index contributed by atoms with van der Waals surface area (Å²) in [5.74, 6) is 0. The van der Waals surface area contributed by atoms with Gasteiger partial charge in [-0.2, -0.15) is 0 Å².